The van der Waals surface area contributed by atoms with Crippen LogP contribution in [0.15, 0.2) is 103 Å². The zero-order chi connectivity index (χ0) is 30.6. The molecule has 0 bridgehead atoms. The van der Waals surface area contributed by atoms with Gasteiger partial charge in [0.15, 0.2) is 0 Å². The quantitative estimate of drug-likeness (QED) is 0.233. The van der Waals surface area contributed by atoms with Crippen molar-refractivity contribution in [2.45, 2.75) is 45.1 Å². The average Bonchev–Trinajstić information content (AvgIpc) is 3.49. The van der Waals surface area contributed by atoms with E-state index in [1.807, 2.05) is 24.3 Å². The fourth-order valence-electron chi connectivity index (χ4n) is 6.05. The smallest absolute Gasteiger partial charge is 0.335 e. The molecule has 1 fully saturated rings. The van der Waals surface area contributed by atoms with Crippen LogP contribution in [0.5, 0.6) is 5.75 Å². The Morgan fingerprint density at radius 1 is 0.818 bits per heavy atom. The molecule has 2 heterocycles. The molecule has 0 spiro atoms. The van der Waals surface area contributed by atoms with Crippen molar-refractivity contribution in [3.63, 3.8) is 0 Å². The third-order valence-electron chi connectivity index (χ3n) is 8.37. The topological polar surface area (TPSA) is 108 Å². The molecule has 224 valence electrons. The third-order valence-corrected chi connectivity index (χ3v) is 8.37. The minimum absolute atomic E-state index is 0.0371. The molecule has 0 saturated carbocycles. The normalized spacial score (nSPS) is 18.2. The van der Waals surface area contributed by atoms with E-state index < -0.39 is 5.97 Å². The number of carbonyl (C=O) groups is 1. The molecule has 44 heavy (non-hydrogen) atoms. The maximum atomic E-state index is 11.1. The van der Waals surface area contributed by atoms with Gasteiger partial charge in [0.2, 0.25) is 5.82 Å². The highest BCUT2D eigenvalue weighted by atomic mass is 16.4. The van der Waals surface area contributed by atoms with Crippen molar-refractivity contribution in [2.24, 2.45) is 0 Å². The van der Waals surface area contributed by atoms with Crippen LogP contribution in [0.2, 0.25) is 0 Å². The number of phenols is 1. The van der Waals surface area contributed by atoms with Crippen molar-refractivity contribution in [3.8, 4) is 17.1 Å². The summed E-state index contributed by atoms with van der Waals surface area (Å²) in [7, 11) is 0. The lowest BCUT2D eigenvalue weighted by molar-refractivity contribution is 0.0195. The average molecular weight is 589 g/mol. The van der Waals surface area contributed by atoms with Gasteiger partial charge >= 0.3 is 5.97 Å². The van der Waals surface area contributed by atoms with E-state index in [0.29, 0.717) is 18.4 Å². The minimum Gasteiger partial charge on any atom is -0.508 e. The van der Waals surface area contributed by atoms with E-state index in [4.69, 9.17) is 5.11 Å². The molecule has 6 rings (SSSR count). The number of benzene rings is 4. The molecule has 0 amide bonds. The Bertz CT molecular complexity index is 1710. The first-order valence-electron chi connectivity index (χ1n) is 14.9. The summed E-state index contributed by atoms with van der Waals surface area (Å²) in [5.74, 6) is -0.183. The van der Waals surface area contributed by atoms with Gasteiger partial charge in [0, 0.05) is 37.3 Å². The summed E-state index contributed by atoms with van der Waals surface area (Å²) in [6, 6.07) is 33.7. The molecule has 9 nitrogen and oxygen atoms in total. The van der Waals surface area contributed by atoms with Crippen LogP contribution in [0.1, 0.15) is 52.5 Å². The first-order valence-corrected chi connectivity index (χ1v) is 14.9. The Hall–Kier alpha value is -4.86. The van der Waals surface area contributed by atoms with Crippen molar-refractivity contribution in [2.75, 3.05) is 13.1 Å². The van der Waals surface area contributed by atoms with Gasteiger partial charge in [0.25, 0.3) is 0 Å². The Morgan fingerprint density at radius 3 is 2.25 bits per heavy atom. The van der Waals surface area contributed by atoms with Crippen molar-refractivity contribution in [1.29, 1.82) is 0 Å². The lowest BCUT2D eigenvalue weighted by atomic mass is 9.92. The van der Waals surface area contributed by atoms with Crippen LogP contribution in [0, 0.1) is 0 Å². The Morgan fingerprint density at radius 2 is 1.55 bits per heavy atom. The number of aromatic hydroxyl groups is 1. The van der Waals surface area contributed by atoms with Gasteiger partial charge < -0.3 is 10.2 Å². The molecule has 0 radical (unpaired) electrons. The maximum absolute atomic E-state index is 11.1. The summed E-state index contributed by atoms with van der Waals surface area (Å²) in [4.78, 5) is 17.7. The van der Waals surface area contributed by atoms with E-state index in [1.54, 1.807) is 30.3 Å². The summed E-state index contributed by atoms with van der Waals surface area (Å²) < 4.78 is 0. The molecule has 0 aliphatic carbocycles. The van der Waals surface area contributed by atoms with Crippen LogP contribution in [0.25, 0.3) is 11.4 Å². The predicted octanol–water partition coefficient (Wildman–Crippen LogP) is 5.48. The van der Waals surface area contributed by atoms with Crippen molar-refractivity contribution < 1.29 is 15.0 Å². The van der Waals surface area contributed by atoms with E-state index in [2.05, 4.69) is 87.6 Å². The number of aromatic carboxylic acids is 1. The molecule has 2 N–H and O–H groups in total. The SMILES string of the molecule is C[C@@H]1CN([C@H](c2ccc(-c3nnn(Cc4ccc(C(=O)O)cc4)n3)cc2)c2cccc(O)c2)[C@@H](C)CN1Cc1ccccc1. The monoisotopic (exact) mass is 588 g/mol. The predicted molar refractivity (Wildman–Crippen MR) is 168 cm³/mol. The van der Waals surface area contributed by atoms with Crippen molar-refractivity contribution >= 4 is 5.97 Å². The molecule has 3 atom stereocenters. The molecular formula is C35H36N6O3. The van der Waals surface area contributed by atoms with E-state index in [9.17, 15) is 9.90 Å². The fraction of sp³-hybridized carbons (Fsp3) is 0.257. The molecule has 1 aliphatic rings. The summed E-state index contributed by atoms with van der Waals surface area (Å²) in [5.41, 5.74) is 5.47. The number of piperazine rings is 1. The standard InChI is InChI=1S/C35H36N6O3/c1-24-21-40(25(2)20-39(24)22-26-7-4-3-5-8-26)33(31-9-6-10-32(42)19-31)28-15-17-29(18-16-28)34-36-38-41(37-34)23-27-11-13-30(14-12-27)35(43)44/h3-19,24-25,33,42H,20-23H2,1-2H3,(H,43,44)/t24-,25+,33-/m1/s1. The Kier molecular flexibility index (Phi) is 8.49. The van der Waals surface area contributed by atoms with Crippen molar-refractivity contribution in [1.82, 2.24) is 30.0 Å². The summed E-state index contributed by atoms with van der Waals surface area (Å²) >= 11 is 0. The van der Waals surface area contributed by atoms with Gasteiger partial charge in [-0.1, -0.05) is 78.9 Å². The van der Waals surface area contributed by atoms with Crippen LogP contribution >= 0.6 is 0 Å². The number of carboxylic acids is 1. The largest absolute Gasteiger partial charge is 0.508 e. The molecule has 4 aromatic carbocycles. The van der Waals surface area contributed by atoms with Crippen molar-refractivity contribution in [3.05, 3.63) is 131 Å². The van der Waals surface area contributed by atoms with Gasteiger partial charge in [-0.3, -0.25) is 9.80 Å². The van der Waals surface area contributed by atoms with Crippen LogP contribution in [-0.4, -0.2) is 71.4 Å². The molecule has 1 aliphatic heterocycles. The second kappa shape index (κ2) is 12.8. The zero-order valence-electron chi connectivity index (χ0n) is 24.9. The lowest BCUT2D eigenvalue weighted by Crippen LogP contribution is -2.56. The number of tetrazole rings is 1. The highest BCUT2D eigenvalue weighted by Crippen LogP contribution is 2.35. The molecule has 0 unspecified atom stereocenters. The zero-order valence-corrected chi connectivity index (χ0v) is 24.9. The summed E-state index contributed by atoms with van der Waals surface area (Å²) in [6.45, 7) is 7.71. The van der Waals surface area contributed by atoms with E-state index in [0.717, 1.165) is 41.9 Å². The number of aromatic nitrogens is 4. The number of hydrogen-bond donors (Lipinski definition) is 2. The lowest BCUT2D eigenvalue weighted by Gasteiger charge is -2.47. The van der Waals surface area contributed by atoms with E-state index in [1.165, 1.54) is 10.4 Å². The summed E-state index contributed by atoms with van der Waals surface area (Å²) in [5, 5.41) is 32.6. The highest BCUT2D eigenvalue weighted by Gasteiger charge is 2.35. The number of nitrogens with zero attached hydrogens (tertiary/aromatic N) is 6. The molecule has 1 aromatic heterocycles. The van der Waals surface area contributed by atoms with Gasteiger partial charge in [-0.2, -0.15) is 4.80 Å². The number of phenolic OH excluding ortho intramolecular Hbond substituents is 1. The first-order chi connectivity index (χ1) is 21.3. The van der Waals surface area contributed by atoms with Gasteiger partial charge in [0.05, 0.1) is 18.2 Å². The van der Waals surface area contributed by atoms with E-state index in [-0.39, 0.29) is 23.4 Å². The van der Waals surface area contributed by atoms with Crippen LogP contribution < -0.4 is 0 Å². The van der Waals surface area contributed by atoms with Crippen LogP contribution in [0.4, 0.5) is 0 Å². The number of hydrogen-bond acceptors (Lipinski definition) is 7. The highest BCUT2D eigenvalue weighted by molar-refractivity contribution is 5.87. The van der Waals surface area contributed by atoms with Crippen LogP contribution in [0.3, 0.4) is 0 Å². The Labute approximate surface area is 257 Å². The van der Waals surface area contributed by atoms with Gasteiger partial charge in [-0.25, -0.2) is 4.79 Å². The third kappa shape index (κ3) is 6.54. The van der Waals surface area contributed by atoms with Gasteiger partial charge in [-0.15, -0.1) is 10.2 Å². The second-order valence-electron chi connectivity index (χ2n) is 11.6. The fourth-order valence-corrected chi connectivity index (χ4v) is 6.05. The molecule has 9 heteroatoms. The van der Waals surface area contributed by atoms with Gasteiger partial charge in [-0.05, 0) is 65.6 Å². The second-order valence-corrected chi connectivity index (χ2v) is 11.6. The van der Waals surface area contributed by atoms with Gasteiger partial charge in [0.1, 0.15) is 5.75 Å². The van der Waals surface area contributed by atoms with E-state index >= 15 is 0 Å². The Balaban J connectivity index is 1.22. The number of carboxylic acid groups (broad SMARTS) is 1. The molecule has 5 aromatic rings. The summed E-state index contributed by atoms with van der Waals surface area (Å²) in [6.07, 6.45) is 0. The minimum atomic E-state index is -0.957. The molecular weight excluding hydrogens is 552 g/mol. The maximum Gasteiger partial charge on any atom is 0.335 e. The molecule has 1 saturated heterocycles. The number of rotatable bonds is 9. The first kappa shape index (κ1) is 29.2. The van der Waals surface area contributed by atoms with Crippen LogP contribution in [-0.2, 0) is 13.1 Å².